The molecule has 2 N–H and O–H groups in total. The minimum absolute atomic E-state index is 0.0534. The third kappa shape index (κ3) is 5.28. The second-order valence-corrected chi connectivity index (χ2v) is 6.01. The van der Waals surface area contributed by atoms with Crippen molar-refractivity contribution in [1.82, 2.24) is 9.97 Å². The molecule has 0 saturated heterocycles. The molecule has 3 aromatic rings. The standard InChI is InChI=1S/C21H22N4O2/c1-3-15-4-8-17(9-5-15)25-20(26)12-16-6-10-18(11-7-16)27-21-13-19(22-2)23-14-24-21/h4-11,13-14H,3,12H2,1-2H3,(H,25,26)(H,22,23,24). The Bertz CT molecular complexity index is 893. The van der Waals surface area contributed by atoms with Crippen molar-refractivity contribution >= 4 is 17.4 Å². The molecule has 0 spiro atoms. The number of nitrogens with zero attached hydrogens (tertiary/aromatic N) is 2. The van der Waals surface area contributed by atoms with E-state index in [1.54, 1.807) is 13.1 Å². The Morgan fingerprint density at radius 3 is 2.37 bits per heavy atom. The van der Waals surface area contributed by atoms with Crippen molar-refractivity contribution in [1.29, 1.82) is 0 Å². The Kier molecular flexibility index (Phi) is 5.99. The summed E-state index contributed by atoms with van der Waals surface area (Å²) in [5.41, 5.74) is 2.96. The molecule has 0 radical (unpaired) electrons. The summed E-state index contributed by atoms with van der Waals surface area (Å²) >= 11 is 0. The Balaban J connectivity index is 1.57. The third-order valence-electron chi connectivity index (χ3n) is 4.05. The molecule has 0 atom stereocenters. The van der Waals surface area contributed by atoms with E-state index in [0.717, 1.165) is 17.7 Å². The van der Waals surface area contributed by atoms with Gasteiger partial charge < -0.3 is 15.4 Å². The van der Waals surface area contributed by atoms with Gasteiger partial charge >= 0.3 is 0 Å². The fourth-order valence-electron chi connectivity index (χ4n) is 2.54. The third-order valence-corrected chi connectivity index (χ3v) is 4.05. The van der Waals surface area contributed by atoms with E-state index in [1.165, 1.54) is 11.9 Å². The number of hydrogen-bond acceptors (Lipinski definition) is 5. The van der Waals surface area contributed by atoms with E-state index in [2.05, 4.69) is 27.5 Å². The molecule has 0 aliphatic rings. The zero-order chi connectivity index (χ0) is 19.1. The smallest absolute Gasteiger partial charge is 0.228 e. The molecule has 1 amide bonds. The minimum atomic E-state index is -0.0534. The summed E-state index contributed by atoms with van der Waals surface area (Å²) in [4.78, 5) is 20.3. The van der Waals surface area contributed by atoms with Gasteiger partial charge in [0.2, 0.25) is 11.8 Å². The van der Waals surface area contributed by atoms with E-state index >= 15 is 0 Å². The molecule has 27 heavy (non-hydrogen) atoms. The van der Waals surface area contributed by atoms with E-state index in [1.807, 2.05) is 48.5 Å². The monoisotopic (exact) mass is 362 g/mol. The van der Waals surface area contributed by atoms with Crippen LogP contribution in [0.5, 0.6) is 11.6 Å². The maximum absolute atomic E-state index is 12.2. The lowest BCUT2D eigenvalue weighted by molar-refractivity contribution is -0.115. The molecule has 6 heteroatoms. The van der Waals surface area contributed by atoms with Crippen LogP contribution in [0.4, 0.5) is 11.5 Å². The van der Waals surface area contributed by atoms with Crippen LogP contribution >= 0.6 is 0 Å². The molecule has 0 fully saturated rings. The first-order valence-electron chi connectivity index (χ1n) is 8.81. The number of amides is 1. The fourth-order valence-corrected chi connectivity index (χ4v) is 2.54. The van der Waals surface area contributed by atoms with Crippen molar-refractivity contribution in [3.63, 3.8) is 0 Å². The van der Waals surface area contributed by atoms with Gasteiger partial charge in [0.15, 0.2) is 0 Å². The molecule has 0 unspecified atom stereocenters. The zero-order valence-corrected chi connectivity index (χ0v) is 15.4. The summed E-state index contributed by atoms with van der Waals surface area (Å²) in [6.45, 7) is 2.10. The van der Waals surface area contributed by atoms with Crippen molar-refractivity contribution in [3.8, 4) is 11.6 Å². The quantitative estimate of drug-likeness (QED) is 0.663. The largest absolute Gasteiger partial charge is 0.439 e. The number of rotatable bonds is 7. The summed E-state index contributed by atoms with van der Waals surface area (Å²) < 4.78 is 5.71. The predicted octanol–water partition coefficient (Wildman–Crippen LogP) is 4.05. The van der Waals surface area contributed by atoms with Gasteiger partial charge in [0.25, 0.3) is 0 Å². The number of benzene rings is 2. The first-order chi connectivity index (χ1) is 13.2. The van der Waals surface area contributed by atoms with E-state index in [-0.39, 0.29) is 5.91 Å². The molecule has 2 aromatic carbocycles. The highest BCUT2D eigenvalue weighted by Crippen LogP contribution is 2.21. The Morgan fingerprint density at radius 1 is 1.00 bits per heavy atom. The lowest BCUT2D eigenvalue weighted by atomic mass is 10.1. The molecule has 0 saturated carbocycles. The zero-order valence-electron chi connectivity index (χ0n) is 15.4. The van der Waals surface area contributed by atoms with Crippen molar-refractivity contribution < 1.29 is 9.53 Å². The molecular weight excluding hydrogens is 340 g/mol. The van der Waals surface area contributed by atoms with E-state index in [0.29, 0.717) is 23.9 Å². The predicted molar refractivity (Wildman–Crippen MR) is 106 cm³/mol. The fraction of sp³-hybridized carbons (Fsp3) is 0.190. The van der Waals surface area contributed by atoms with Crippen LogP contribution in [0.15, 0.2) is 60.9 Å². The average Bonchev–Trinajstić information content (AvgIpc) is 2.70. The van der Waals surface area contributed by atoms with Crippen molar-refractivity contribution in [2.45, 2.75) is 19.8 Å². The molecule has 0 aliphatic carbocycles. The lowest BCUT2D eigenvalue weighted by Gasteiger charge is -2.08. The van der Waals surface area contributed by atoms with Crippen LogP contribution in [0.1, 0.15) is 18.1 Å². The van der Waals surface area contributed by atoms with Crippen LogP contribution in [0, 0.1) is 0 Å². The topological polar surface area (TPSA) is 76.1 Å². The summed E-state index contributed by atoms with van der Waals surface area (Å²) in [7, 11) is 1.78. The number of aromatic nitrogens is 2. The second kappa shape index (κ2) is 8.80. The molecule has 6 nitrogen and oxygen atoms in total. The summed E-state index contributed by atoms with van der Waals surface area (Å²) in [5, 5.41) is 5.85. The van der Waals surface area contributed by atoms with Crippen LogP contribution in [0.25, 0.3) is 0 Å². The summed E-state index contributed by atoms with van der Waals surface area (Å²) in [6.07, 6.45) is 2.72. The van der Waals surface area contributed by atoms with Crippen LogP contribution in [-0.4, -0.2) is 22.9 Å². The molecule has 0 bridgehead atoms. The number of anilines is 2. The van der Waals surface area contributed by atoms with Crippen molar-refractivity contribution in [2.75, 3.05) is 17.7 Å². The Hall–Kier alpha value is -3.41. The van der Waals surface area contributed by atoms with Gasteiger partial charge in [-0.25, -0.2) is 9.97 Å². The van der Waals surface area contributed by atoms with Crippen LogP contribution in [0.3, 0.4) is 0 Å². The van der Waals surface area contributed by atoms with E-state index in [9.17, 15) is 4.79 Å². The lowest BCUT2D eigenvalue weighted by Crippen LogP contribution is -2.14. The number of ether oxygens (including phenoxy) is 1. The van der Waals surface area contributed by atoms with E-state index in [4.69, 9.17) is 4.74 Å². The van der Waals surface area contributed by atoms with Crippen LogP contribution in [-0.2, 0) is 17.6 Å². The highest BCUT2D eigenvalue weighted by molar-refractivity contribution is 5.92. The van der Waals surface area contributed by atoms with Crippen LogP contribution < -0.4 is 15.4 Å². The molecule has 1 aromatic heterocycles. The van der Waals surface area contributed by atoms with Gasteiger partial charge in [-0.2, -0.15) is 0 Å². The van der Waals surface area contributed by atoms with Crippen molar-refractivity contribution in [2.24, 2.45) is 0 Å². The van der Waals surface area contributed by atoms with E-state index < -0.39 is 0 Å². The van der Waals surface area contributed by atoms with Crippen molar-refractivity contribution in [3.05, 3.63) is 72.1 Å². The van der Waals surface area contributed by atoms with Crippen LogP contribution in [0.2, 0.25) is 0 Å². The minimum Gasteiger partial charge on any atom is -0.439 e. The van der Waals surface area contributed by atoms with Gasteiger partial charge in [-0.05, 0) is 41.8 Å². The molecule has 3 rings (SSSR count). The highest BCUT2D eigenvalue weighted by atomic mass is 16.5. The second-order valence-electron chi connectivity index (χ2n) is 6.01. The number of aryl methyl sites for hydroxylation is 1. The van der Waals surface area contributed by atoms with Gasteiger partial charge in [-0.3, -0.25) is 4.79 Å². The molecule has 1 heterocycles. The highest BCUT2D eigenvalue weighted by Gasteiger charge is 2.06. The average molecular weight is 362 g/mol. The normalized spacial score (nSPS) is 10.3. The van der Waals surface area contributed by atoms with Gasteiger partial charge in [-0.15, -0.1) is 0 Å². The SMILES string of the molecule is CCc1ccc(NC(=O)Cc2ccc(Oc3cc(NC)ncn3)cc2)cc1. The molecule has 138 valence electrons. The molecular formula is C21H22N4O2. The van der Waals surface area contributed by atoms with Gasteiger partial charge in [0, 0.05) is 18.8 Å². The van der Waals surface area contributed by atoms with Gasteiger partial charge in [0.05, 0.1) is 6.42 Å². The van der Waals surface area contributed by atoms with Gasteiger partial charge in [-0.1, -0.05) is 31.2 Å². The van der Waals surface area contributed by atoms with Gasteiger partial charge in [0.1, 0.15) is 17.9 Å². The number of nitrogens with one attached hydrogen (secondary N) is 2. The number of hydrogen-bond donors (Lipinski definition) is 2. The Morgan fingerprint density at radius 2 is 1.70 bits per heavy atom. The maximum Gasteiger partial charge on any atom is 0.228 e. The summed E-state index contributed by atoms with van der Waals surface area (Å²) in [5.74, 6) is 1.73. The summed E-state index contributed by atoms with van der Waals surface area (Å²) in [6, 6.07) is 17.0. The molecule has 0 aliphatic heterocycles. The number of carbonyl (C=O) groups excluding carboxylic acids is 1. The number of carbonyl (C=O) groups is 1. The first kappa shape index (κ1) is 18.4. The first-order valence-corrected chi connectivity index (χ1v) is 8.81. The Labute approximate surface area is 158 Å². The maximum atomic E-state index is 12.2.